The van der Waals surface area contributed by atoms with Crippen molar-refractivity contribution in [3.63, 3.8) is 0 Å². The normalized spacial score (nSPS) is 30.4. The third kappa shape index (κ3) is 2.10. The fourth-order valence-electron chi connectivity index (χ4n) is 1.04. The lowest BCUT2D eigenvalue weighted by molar-refractivity contribution is -0.145. The highest BCUT2D eigenvalue weighted by atomic mass is 32.2. The molecule has 0 aromatic rings. The Morgan fingerprint density at radius 1 is 1.82 bits per heavy atom. The van der Waals surface area contributed by atoms with E-state index < -0.39 is 0 Å². The minimum absolute atomic E-state index is 0.0973. The standard InChI is InChI=1S/C7H13NO2S/c1-3-10-7(9)6-5(2)11-4-8-6/h5-6,8H,3-4H2,1-2H3. The molecule has 0 radical (unpaired) electrons. The summed E-state index contributed by atoms with van der Waals surface area (Å²) in [6.07, 6.45) is 0. The van der Waals surface area contributed by atoms with Crippen LogP contribution in [0.1, 0.15) is 13.8 Å². The maximum Gasteiger partial charge on any atom is 0.324 e. The van der Waals surface area contributed by atoms with Crippen molar-refractivity contribution in [2.75, 3.05) is 12.5 Å². The summed E-state index contributed by atoms with van der Waals surface area (Å²) in [5.41, 5.74) is 0. The lowest BCUT2D eigenvalue weighted by Crippen LogP contribution is -2.38. The molecule has 4 heteroatoms. The van der Waals surface area contributed by atoms with E-state index >= 15 is 0 Å². The van der Waals surface area contributed by atoms with Gasteiger partial charge in [0.15, 0.2) is 0 Å². The molecule has 11 heavy (non-hydrogen) atoms. The van der Waals surface area contributed by atoms with Crippen LogP contribution in [0.2, 0.25) is 0 Å². The molecular formula is C7H13NO2S. The summed E-state index contributed by atoms with van der Waals surface area (Å²) >= 11 is 1.75. The van der Waals surface area contributed by atoms with Crippen LogP contribution in [-0.2, 0) is 9.53 Å². The number of ether oxygens (including phenoxy) is 1. The average Bonchev–Trinajstić information content (AvgIpc) is 2.36. The first-order valence-electron chi connectivity index (χ1n) is 3.77. The number of nitrogens with one attached hydrogen (secondary N) is 1. The van der Waals surface area contributed by atoms with Crippen molar-refractivity contribution >= 4 is 17.7 Å². The van der Waals surface area contributed by atoms with E-state index in [4.69, 9.17) is 4.74 Å². The number of esters is 1. The quantitative estimate of drug-likeness (QED) is 0.624. The van der Waals surface area contributed by atoms with Gasteiger partial charge in [0.2, 0.25) is 0 Å². The summed E-state index contributed by atoms with van der Waals surface area (Å²) in [6, 6.07) is -0.0973. The second-order valence-electron chi connectivity index (χ2n) is 2.45. The van der Waals surface area contributed by atoms with Crippen LogP contribution in [0, 0.1) is 0 Å². The molecule has 1 N–H and O–H groups in total. The highest BCUT2D eigenvalue weighted by Gasteiger charge is 2.30. The van der Waals surface area contributed by atoms with Crippen LogP contribution in [0.25, 0.3) is 0 Å². The molecule has 1 saturated heterocycles. The summed E-state index contributed by atoms with van der Waals surface area (Å²) in [4.78, 5) is 11.2. The molecule has 2 unspecified atom stereocenters. The van der Waals surface area contributed by atoms with Gasteiger partial charge >= 0.3 is 5.97 Å². The van der Waals surface area contributed by atoms with E-state index in [0.29, 0.717) is 11.9 Å². The van der Waals surface area contributed by atoms with Crippen LogP contribution in [0.5, 0.6) is 0 Å². The van der Waals surface area contributed by atoms with Crippen molar-refractivity contribution in [3.8, 4) is 0 Å². The Morgan fingerprint density at radius 2 is 2.55 bits per heavy atom. The minimum Gasteiger partial charge on any atom is -0.465 e. The highest BCUT2D eigenvalue weighted by molar-refractivity contribution is 8.00. The first-order chi connectivity index (χ1) is 5.25. The van der Waals surface area contributed by atoms with Gasteiger partial charge in [0.25, 0.3) is 0 Å². The molecule has 0 aliphatic carbocycles. The van der Waals surface area contributed by atoms with Crippen LogP contribution in [0.4, 0.5) is 0 Å². The molecule has 64 valence electrons. The monoisotopic (exact) mass is 175 g/mol. The fraction of sp³-hybridized carbons (Fsp3) is 0.857. The number of thioether (sulfide) groups is 1. The van der Waals surface area contributed by atoms with Gasteiger partial charge in [-0.3, -0.25) is 10.1 Å². The van der Waals surface area contributed by atoms with E-state index in [-0.39, 0.29) is 12.0 Å². The fourth-order valence-corrected chi connectivity index (χ4v) is 1.98. The molecule has 0 saturated carbocycles. The molecule has 0 aromatic carbocycles. The third-order valence-electron chi connectivity index (χ3n) is 1.66. The van der Waals surface area contributed by atoms with Crippen molar-refractivity contribution in [2.45, 2.75) is 25.1 Å². The Morgan fingerprint density at radius 3 is 3.00 bits per heavy atom. The van der Waals surface area contributed by atoms with Gasteiger partial charge in [-0.05, 0) is 6.92 Å². The number of hydrogen-bond acceptors (Lipinski definition) is 4. The van der Waals surface area contributed by atoms with Gasteiger partial charge in [-0.2, -0.15) is 0 Å². The molecule has 1 fully saturated rings. The molecule has 1 aliphatic heterocycles. The molecule has 3 nitrogen and oxygen atoms in total. The lowest BCUT2D eigenvalue weighted by atomic mass is 10.2. The van der Waals surface area contributed by atoms with E-state index in [9.17, 15) is 4.79 Å². The lowest BCUT2D eigenvalue weighted by Gasteiger charge is -2.12. The predicted molar refractivity (Wildman–Crippen MR) is 45.5 cm³/mol. The first-order valence-corrected chi connectivity index (χ1v) is 4.82. The summed E-state index contributed by atoms with van der Waals surface area (Å²) in [7, 11) is 0. The molecule has 0 bridgehead atoms. The van der Waals surface area contributed by atoms with Crippen LogP contribution in [-0.4, -0.2) is 29.7 Å². The van der Waals surface area contributed by atoms with Gasteiger partial charge in [0.1, 0.15) is 6.04 Å². The highest BCUT2D eigenvalue weighted by Crippen LogP contribution is 2.20. The molecule has 2 atom stereocenters. The largest absolute Gasteiger partial charge is 0.465 e. The predicted octanol–water partition coefficient (Wildman–Crippen LogP) is 0.600. The van der Waals surface area contributed by atoms with Gasteiger partial charge < -0.3 is 4.74 Å². The van der Waals surface area contributed by atoms with E-state index in [1.807, 2.05) is 13.8 Å². The zero-order valence-electron chi connectivity index (χ0n) is 6.79. The van der Waals surface area contributed by atoms with Gasteiger partial charge in [0, 0.05) is 11.1 Å². The summed E-state index contributed by atoms with van der Waals surface area (Å²) in [5.74, 6) is 0.731. The Balaban J connectivity index is 2.39. The van der Waals surface area contributed by atoms with Gasteiger partial charge in [-0.25, -0.2) is 0 Å². The van der Waals surface area contributed by atoms with E-state index in [1.54, 1.807) is 11.8 Å². The van der Waals surface area contributed by atoms with Crippen molar-refractivity contribution in [1.29, 1.82) is 0 Å². The van der Waals surface area contributed by atoms with Crippen molar-refractivity contribution in [1.82, 2.24) is 5.32 Å². The molecule has 1 aliphatic rings. The van der Waals surface area contributed by atoms with Crippen molar-refractivity contribution in [3.05, 3.63) is 0 Å². The Hall–Kier alpha value is -0.220. The molecule has 1 rings (SSSR count). The summed E-state index contributed by atoms with van der Waals surface area (Å²) < 4.78 is 4.88. The Labute approximate surface area is 70.9 Å². The summed E-state index contributed by atoms with van der Waals surface area (Å²) in [5, 5.41) is 3.42. The van der Waals surface area contributed by atoms with E-state index in [1.165, 1.54) is 0 Å². The molecule has 0 aromatic heterocycles. The number of rotatable bonds is 2. The number of hydrogen-bond donors (Lipinski definition) is 1. The Kier molecular flexibility index (Phi) is 3.20. The first kappa shape index (κ1) is 8.87. The van der Waals surface area contributed by atoms with Crippen LogP contribution < -0.4 is 5.32 Å². The third-order valence-corrected chi connectivity index (χ3v) is 2.79. The maximum atomic E-state index is 11.2. The van der Waals surface area contributed by atoms with E-state index in [0.717, 1.165) is 5.88 Å². The number of carbonyl (C=O) groups excluding carboxylic acids is 1. The molecule has 0 amide bonds. The second kappa shape index (κ2) is 3.97. The van der Waals surface area contributed by atoms with Gasteiger partial charge in [0.05, 0.1) is 6.61 Å². The average molecular weight is 175 g/mol. The van der Waals surface area contributed by atoms with Gasteiger partial charge in [-0.1, -0.05) is 6.92 Å². The van der Waals surface area contributed by atoms with E-state index in [2.05, 4.69) is 5.32 Å². The molecule has 1 heterocycles. The van der Waals surface area contributed by atoms with Gasteiger partial charge in [-0.15, -0.1) is 11.8 Å². The van der Waals surface area contributed by atoms with Crippen LogP contribution in [0.3, 0.4) is 0 Å². The minimum atomic E-state index is -0.120. The van der Waals surface area contributed by atoms with Crippen molar-refractivity contribution < 1.29 is 9.53 Å². The smallest absolute Gasteiger partial charge is 0.324 e. The zero-order valence-corrected chi connectivity index (χ0v) is 7.61. The number of carbonyl (C=O) groups is 1. The van der Waals surface area contributed by atoms with Crippen LogP contribution >= 0.6 is 11.8 Å². The second-order valence-corrected chi connectivity index (χ2v) is 3.82. The molecule has 0 spiro atoms. The topological polar surface area (TPSA) is 38.3 Å². The SMILES string of the molecule is CCOC(=O)C1NCSC1C. The maximum absolute atomic E-state index is 11.2. The van der Waals surface area contributed by atoms with Crippen LogP contribution in [0.15, 0.2) is 0 Å². The summed E-state index contributed by atoms with van der Waals surface area (Å²) in [6.45, 7) is 4.32. The van der Waals surface area contributed by atoms with Crippen molar-refractivity contribution in [2.24, 2.45) is 0 Å². The Bertz CT molecular complexity index is 151. The zero-order chi connectivity index (χ0) is 8.27. The molecular weight excluding hydrogens is 162 g/mol.